The fourth-order valence-corrected chi connectivity index (χ4v) is 1.93. The van der Waals surface area contributed by atoms with E-state index in [2.05, 4.69) is 31.3 Å². The Kier molecular flexibility index (Phi) is 4.11. The summed E-state index contributed by atoms with van der Waals surface area (Å²) in [7, 11) is 0. The van der Waals surface area contributed by atoms with Crippen molar-refractivity contribution in [1.82, 2.24) is 9.97 Å². The number of benzene rings is 1. The van der Waals surface area contributed by atoms with Gasteiger partial charge in [-0.25, -0.2) is 15.8 Å². The van der Waals surface area contributed by atoms with Crippen molar-refractivity contribution in [3.8, 4) is 11.6 Å². The first-order valence-electron chi connectivity index (χ1n) is 5.43. The summed E-state index contributed by atoms with van der Waals surface area (Å²) in [5, 5.41) is 10.7. The van der Waals surface area contributed by atoms with Gasteiger partial charge >= 0.3 is 0 Å². The Morgan fingerprint density at radius 2 is 2.20 bits per heavy atom. The number of nitrogens with zero attached hydrogens (tertiary/aromatic N) is 3. The van der Waals surface area contributed by atoms with Crippen LogP contribution in [0.3, 0.4) is 0 Å². The van der Waals surface area contributed by atoms with E-state index < -0.39 is 4.92 Å². The van der Waals surface area contributed by atoms with E-state index in [-0.39, 0.29) is 11.6 Å². The maximum Gasteiger partial charge on any atom is 0.272 e. The molecule has 0 radical (unpaired) electrons. The van der Waals surface area contributed by atoms with Gasteiger partial charge in [-0.15, -0.1) is 0 Å². The summed E-state index contributed by atoms with van der Waals surface area (Å²) in [5.74, 6) is 6.34. The highest BCUT2D eigenvalue weighted by Gasteiger charge is 2.13. The van der Waals surface area contributed by atoms with Crippen LogP contribution in [0.25, 0.3) is 0 Å². The first kappa shape index (κ1) is 14.2. The van der Waals surface area contributed by atoms with Crippen molar-refractivity contribution in [2.24, 2.45) is 5.84 Å². The van der Waals surface area contributed by atoms with Crippen LogP contribution in [0, 0.1) is 17.0 Å². The van der Waals surface area contributed by atoms with Crippen LogP contribution in [0.15, 0.2) is 29.0 Å². The Labute approximate surface area is 122 Å². The number of nitro benzene ring substituents is 1. The van der Waals surface area contributed by atoms with E-state index in [0.717, 1.165) is 0 Å². The van der Waals surface area contributed by atoms with Crippen LogP contribution in [-0.4, -0.2) is 14.9 Å². The molecule has 2 rings (SSSR count). The largest absolute Gasteiger partial charge is 0.438 e. The van der Waals surface area contributed by atoms with Gasteiger partial charge in [0.05, 0.1) is 4.92 Å². The highest BCUT2D eigenvalue weighted by molar-refractivity contribution is 9.10. The summed E-state index contributed by atoms with van der Waals surface area (Å²) in [4.78, 5) is 18.1. The number of nitrogens with one attached hydrogen (secondary N) is 1. The van der Waals surface area contributed by atoms with E-state index in [0.29, 0.717) is 21.6 Å². The lowest BCUT2D eigenvalue weighted by molar-refractivity contribution is -0.385. The van der Waals surface area contributed by atoms with Gasteiger partial charge in [0.2, 0.25) is 5.88 Å². The second kappa shape index (κ2) is 5.80. The minimum atomic E-state index is -0.448. The molecule has 0 saturated carbocycles. The predicted molar refractivity (Wildman–Crippen MR) is 75.4 cm³/mol. The molecule has 0 aliphatic carbocycles. The molecule has 0 aliphatic heterocycles. The molecule has 104 valence electrons. The topological polar surface area (TPSA) is 116 Å². The van der Waals surface area contributed by atoms with Crippen LogP contribution in [0.1, 0.15) is 5.56 Å². The van der Waals surface area contributed by atoms with Crippen LogP contribution in [-0.2, 0) is 0 Å². The van der Waals surface area contributed by atoms with Gasteiger partial charge in [0, 0.05) is 11.6 Å². The van der Waals surface area contributed by atoms with Gasteiger partial charge in [-0.05, 0) is 35.0 Å². The van der Waals surface area contributed by atoms with E-state index in [4.69, 9.17) is 10.6 Å². The molecular formula is C11H10BrN5O3. The number of anilines is 1. The van der Waals surface area contributed by atoms with E-state index in [9.17, 15) is 10.1 Å². The normalized spacial score (nSPS) is 10.2. The summed E-state index contributed by atoms with van der Waals surface area (Å²) in [6.45, 7) is 1.63. The monoisotopic (exact) mass is 339 g/mol. The minimum absolute atomic E-state index is 0.0309. The zero-order valence-electron chi connectivity index (χ0n) is 10.3. The Bertz CT molecular complexity index is 665. The molecule has 0 amide bonds. The molecule has 0 unspecified atom stereocenters. The van der Waals surface area contributed by atoms with Gasteiger partial charge in [-0.3, -0.25) is 10.1 Å². The average molecular weight is 340 g/mol. The van der Waals surface area contributed by atoms with E-state index in [1.165, 1.54) is 18.5 Å². The number of nitrogens with two attached hydrogens (primary N) is 1. The highest BCUT2D eigenvalue weighted by Crippen LogP contribution is 2.32. The van der Waals surface area contributed by atoms with Crippen LogP contribution < -0.4 is 16.0 Å². The number of aryl methyl sites for hydroxylation is 1. The van der Waals surface area contributed by atoms with Gasteiger partial charge in [0.15, 0.2) is 5.82 Å². The molecule has 1 heterocycles. The first-order valence-corrected chi connectivity index (χ1v) is 6.22. The van der Waals surface area contributed by atoms with Crippen molar-refractivity contribution >= 4 is 27.4 Å². The van der Waals surface area contributed by atoms with Gasteiger partial charge in [-0.1, -0.05) is 0 Å². The number of aromatic nitrogens is 2. The third-order valence-corrected chi connectivity index (χ3v) is 3.19. The quantitative estimate of drug-likeness (QED) is 0.499. The molecule has 0 saturated heterocycles. The zero-order valence-corrected chi connectivity index (χ0v) is 11.9. The molecule has 2 aromatic rings. The summed E-state index contributed by atoms with van der Waals surface area (Å²) in [6, 6.07) is 4.43. The number of hydrogen-bond donors (Lipinski definition) is 2. The van der Waals surface area contributed by atoms with Crippen molar-refractivity contribution in [1.29, 1.82) is 0 Å². The lowest BCUT2D eigenvalue weighted by atomic mass is 10.2. The predicted octanol–water partition coefficient (Wildman–Crippen LogP) is 2.53. The van der Waals surface area contributed by atoms with E-state index in [1.807, 2.05) is 0 Å². The molecule has 1 aromatic heterocycles. The van der Waals surface area contributed by atoms with Gasteiger partial charge in [-0.2, -0.15) is 0 Å². The van der Waals surface area contributed by atoms with Crippen molar-refractivity contribution < 1.29 is 9.66 Å². The van der Waals surface area contributed by atoms with Gasteiger partial charge in [0.25, 0.3) is 5.69 Å². The molecule has 0 bridgehead atoms. The first-order chi connectivity index (χ1) is 9.52. The van der Waals surface area contributed by atoms with Crippen molar-refractivity contribution in [2.75, 3.05) is 5.43 Å². The number of halogens is 1. The minimum Gasteiger partial charge on any atom is -0.438 e. The smallest absolute Gasteiger partial charge is 0.272 e. The maximum absolute atomic E-state index is 10.7. The lowest BCUT2D eigenvalue weighted by Gasteiger charge is -2.09. The molecule has 1 aromatic carbocycles. The number of nitro groups is 1. The van der Waals surface area contributed by atoms with Crippen LogP contribution >= 0.6 is 15.9 Å². The number of ether oxygens (including phenoxy) is 1. The van der Waals surface area contributed by atoms with Crippen molar-refractivity contribution in [2.45, 2.75) is 6.92 Å². The molecule has 20 heavy (non-hydrogen) atoms. The molecule has 0 aliphatic rings. The molecule has 8 nitrogen and oxygen atoms in total. The van der Waals surface area contributed by atoms with Crippen molar-refractivity contribution in [3.63, 3.8) is 0 Å². The third kappa shape index (κ3) is 2.83. The highest BCUT2D eigenvalue weighted by atomic mass is 79.9. The van der Waals surface area contributed by atoms with Crippen molar-refractivity contribution in [3.05, 3.63) is 44.7 Å². The molecule has 0 atom stereocenters. The maximum atomic E-state index is 10.7. The van der Waals surface area contributed by atoms with E-state index in [1.54, 1.807) is 13.0 Å². The number of rotatable bonds is 4. The van der Waals surface area contributed by atoms with Crippen LogP contribution in [0.5, 0.6) is 11.6 Å². The summed E-state index contributed by atoms with van der Waals surface area (Å²) >= 11 is 3.25. The number of nitrogen functional groups attached to an aromatic ring is 1. The summed E-state index contributed by atoms with van der Waals surface area (Å²) in [5.41, 5.74) is 2.92. The SMILES string of the molecule is Cc1cc(Oc2ncnc(NN)c2Br)ccc1[N+](=O)[O-]. The third-order valence-electron chi connectivity index (χ3n) is 2.47. The standard InChI is InChI=1S/C11H10BrN5O3/c1-6-4-7(2-3-8(6)17(18)19)20-11-9(12)10(16-13)14-5-15-11/h2-5H,13H2,1H3,(H,14,15,16). The molecule has 9 heteroatoms. The molecular weight excluding hydrogens is 330 g/mol. The Hall–Kier alpha value is -2.26. The Morgan fingerprint density at radius 1 is 1.45 bits per heavy atom. The average Bonchev–Trinajstić information content (AvgIpc) is 2.41. The second-order valence-corrected chi connectivity index (χ2v) is 4.59. The Morgan fingerprint density at radius 3 is 2.80 bits per heavy atom. The van der Waals surface area contributed by atoms with Crippen LogP contribution in [0.2, 0.25) is 0 Å². The molecule has 0 fully saturated rings. The summed E-state index contributed by atoms with van der Waals surface area (Å²) < 4.78 is 6.01. The van der Waals surface area contributed by atoms with E-state index >= 15 is 0 Å². The summed E-state index contributed by atoms with van der Waals surface area (Å²) in [6.07, 6.45) is 1.29. The Balaban J connectivity index is 2.31. The fraction of sp³-hybridized carbons (Fsp3) is 0.0909. The zero-order chi connectivity index (χ0) is 14.7. The lowest BCUT2D eigenvalue weighted by Crippen LogP contribution is -2.09. The van der Waals surface area contributed by atoms with Gasteiger partial charge in [0.1, 0.15) is 16.5 Å². The van der Waals surface area contributed by atoms with Crippen LogP contribution in [0.4, 0.5) is 11.5 Å². The molecule has 3 N–H and O–H groups in total. The molecule has 0 spiro atoms. The fourth-order valence-electron chi connectivity index (χ4n) is 1.53. The van der Waals surface area contributed by atoms with Gasteiger partial charge < -0.3 is 10.2 Å². The number of hydrogen-bond acceptors (Lipinski definition) is 7. The second-order valence-electron chi connectivity index (χ2n) is 3.79. The number of hydrazine groups is 1.